The number of benzene rings is 2. The molecule has 8 nitrogen and oxygen atoms in total. The van der Waals surface area contributed by atoms with E-state index < -0.39 is 0 Å². The highest BCUT2D eigenvalue weighted by molar-refractivity contribution is 9.10. The molecule has 0 unspecified atom stereocenters. The molecule has 33 heavy (non-hydrogen) atoms. The molecule has 0 aliphatic carbocycles. The highest BCUT2D eigenvalue weighted by atomic mass is 79.9. The Morgan fingerprint density at radius 1 is 1.03 bits per heavy atom. The quantitative estimate of drug-likeness (QED) is 0.286. The smallest absolute Gasteiger partial charge is 0.276 e. The van der Waals surface area contributed by atoms with Crippen LogP contribution in [-0.2, 0) is 7.05 Å². The first-order chi connectivity index (χ1) is 16.0. The molecule has 1 amide bonds. The van der Waals surface area contributed by atoms with Gasteiger partial charge in [0.05, 0.1) is 11.0 Å². The summed E-state index contributed by atoms with van der Waals surface area (Å²) in [6.45, 7) is 0. The third-order valence-electron chi connectivity index (χ3n) is 4.81. The number of aryl methyl sites for hydroxylation is 1. The zero-order chi connectivity index (χ0) is 22.8. The second-order valence-corrected chi connectivity index (χ2v) is 8.86. The molecule has 0 aliphatic rings. The van der Waals surface area contributed by atoms with E-state index >= 15 is 0 Å². The Bertz CT molecular complexity index is 1430. The number of pyridine rings is 1. The number of nitrogens with one attached hydrogen (secondary N) is 2. The van der Waals surface area contributed by atoms with Gasteiger partial charge in [0.25, 0.3) is 5.91 Å². The van der Waals surface area contributed by atoms with Crippen molar-refractivity contribution in [1.29, 1.82) is 0 Å². The summed E-state index contributed by atoms with van der Waals surface area (Å²) in [7, 11) is 1.95. The van der Waals surface area contributed by atoms with Crippen molar-refractivity contribution >= 4 is 61.0 Å². The van der Waals surface area contributed by atoms with Crippen LogP contribution in [0, 0.1) is 0 Å². The Hall–Kier alpha value is -3.76. The lowest BCUT2D eigenvalue weighted by atomic mass is 10.3. The Balaban J connectivity index is 1.35. The number of ether oxygens (including phenoxy) is 1. The number of halogens is 1. The van der Waals surface area contributed by atoms with Crippen molar-refractivity contribution in [2.45, 2.75) is 0 Å². The molecule has 0 atom stereocenters. The molecule has 0 radical (unpaired) electrons. The molecule has 0 saturated carbocycles. The fourth-order valence-electron chi connectivity index (χ4n) is 3.20. The van der Waals surface area contributed by atoms with Crippen LogP contribution in [-0.4, -0.2) is 25.4 Å². The zero-order valence-electron chi connectivity index (χ0n) is 17.3. The first-order valence-electron chi connectivity index (χ1n) is 9.89. The fourth-order valence-corrected chi connectivity index (χ4v) is 3.99. The summed E-state index contributed by atoms with van der Waals surface area (Å²) in [4.78, 5) is 25.3. The minimum absolute atomic E-state index is 0.239. The minimum atomic E-state index is -0.348. The fraction of sp³-hybridized carbons (Fsp3) is 0.0435. The number of imidazole rings is 1. The molecule has 10 heteroatoms. The minimum Gasteiger partial charge on any atom is -0.457 e. The van der Waals surface area contributed by atoms with E-state index in [1.807, 2.05) is 54.1 Å². The molecule has 0 spiro atoms. The zero-order valence-corrected chi connectivity index (χ0v) is 19.7. The lowest BCUT2D eigenvalue weighted by Gasteiger charge is -2.07. The molecule has 5 rings (SSSR count). The number of aromatic nitrogens is 4. The topological polar surface area (TPSA) is 94.0 Å². The predicted octanol–water partition coefficient (Wildman–Crippen LogP) is 5.98. The van der Waals surface area contributed by atoms with Crippen LogP contribution in [0.4, 0.5) is 16.8 Å². The third kappa shape index (κ3) is 4.71. The van der Waals surface area contributed by atoms with Crippen LogP contribution in [0.5, 0.6) is 11.5 Å². The van der Waals surface area contributed by atoms with Crippen LogP contribution < -0.4 is 15.4 Å². The van der Waals surface area contributed by atoms with E-state index in [4.69, 9.17) is 9.72 Å². The molecule has 0 fully saturated rings. The van der Waals surface area contributed by atoms with E-state index in [0.717, 1.165) is 27.1 Å². The monoisotopic (exact) mass is 520 g/mol. The number of rotatable bonds is 6. The summed E-state index contributed by atoms with van der Waals surface area (Å²) in [6.07, 6.45) is 3.16. The van der Waals surface area contributed by atoms with Gasteiger partial charge in [-0.2, -0.15) is 0 Å². The number of fused-ring (bicyclic) bond motifs is 1. The molecule has 3 aromatic heterocycles. The largest absolute Gasteiger partial charge is 0.457 e. The van der Waals surface area contributed by atoms with Gasteiger partial charge in [0.15, 0.2) is 5.13 Å². The van der Waals surface area contributed by atoms with E-state index in [0.29, 0.717) is 16.6 Å². The van der Waals surface area contributed by atoms with Gasteiger partial charge in [-0.25, -0.2) is 9.97 Å². The lowest BCUT2D eigenvalue weighted by molar-refractivity contribution is 0.102. The normalized spacial score (nSPS) is 10.8. The van der Waals surface area contributed by atoms with Gasteiger partial charge in [0.1, 0.15) is 17.2 Å². The van der Waals surface area contributed by atoms with Crippen LogP contribution in [0.3, 0.4) is 0 Å². The number of anilines is 3. The van der Waals surface area contributed by atoms with Gasteiger partial charge in [0.2, 0.25) is 5.95 Å². The summed E-state index contributed by atoms with van der Waals surface area (Å²) in [5, 5.41) is 8.35. The van der Waals surface area contributed by atoms with E-state index in [2.05, 4.69) is 36.5 Å². The standard InChI is InChI=1S/C23H17BrN6O2S/c1-30-20-7-6-16(12-18(20)28-22(30)27-15-4-2-14(24)3-5-15)32-17-8-9-25-19(13-17)21(31)29-23-26-10-11-33-23/h2-13H,1H3,(H,27,28)(H,26,29,31). The second kappa shape index (κ2) is 9.00. The highest BCUT2D eigenvalue weighted by Gasteiger charge is 2.12. The molecule has 5 aromatic rings. The van der Waals surface area contributed by atoms with E-state index in [9.17, 15) is 4.79 Å². The van der Waals surface area contributed by atoms with Crippen LogP contribution in [0.25, 0.3) is 11.0 Å². The van der Waals surface area contributed by atoms with E-state index in [1.54, 1.807) is 23.7 Å². The molecule has 0 saturated heterocycles. The number of thiazole rings is 1. The maximum atomic E-state index is 12.4. The van der Waals surface area contributed by atoms with Crippen LogP contribution in [0.2, 0.25) is 0 Å². The molecule has 2 aromatic carbocycles. The average molecular weight is 521 g/mol. The average Bonchev–Trinajstić information content (AvgIpc) is 3.43. The van der Waals surface area contributed by atoms with Crippen LogP contribution >= 0.6 is 27.3 Å². The summed E-state index contributed by atoms with van der Waals surface area (Å²) in [5.74, 6) is 1.47. The molecule has 164 valence electrons. The Morgan fingerprint density at radius 3 is 2.64 bits per heavy atom. The summed E-state index contributed by atoms with van der Waals surface area (Å²) >= 11 is 4.78. The van der Waals surface area contributed by atoms with Crippen molar-refractivity contribution in [3.05, 3.63) is 82.5 Å². The molecule has 0 aliphatic heterocycles. The number of nitrogens with zero attached hydrogens (tertiary/aromatic N) is 4. The van der Waals surface area contributed by atoms with Crippen LogP contribution in [0.1, 0.15) is 10.5 Å². The summed E-state index contributed by atoms with van der Waals surface area (Å²) in [5.41, 5.74) is 2.92. The van der Waals surface area contributed by atoms with Gasteiger partial charge >= 0.3 is 0 Å². The molecular formula is C23H17BrN6O2S. The van der Waals surface area contributed by atoms with Gasteiger partial charge in [0, 0.05) is 47.1 Å². The van der Waals surface area contributed by atoms with Gasteiger partial charge < -0.3 is 14.6 Å². The van der Waals surface area contributed by atoms with Crippen molar-refractivity contribution < 1.29 is 9.53 Å². The van der Waals surface area contributed by atoms with Gasteiger partial charge in [-0.15, -0.1) is 11.3 Å². The molecule has 3 heterocycles. The first-order valence-corrected chi connectivity index (χ1v) is 11.6. The number of carbonyl (C=O) groups is 1. The van der Waals surface area contributed by atoms with Crippen molar-refractivity contribution in [1.82, 2.24) is 19.5 Å². The van der Waals surface area contributed by atoms with Crippen LogP contribution in [0.15, 0.2) is 76.8 Å². The summed E-state index contributed by atoms with van der Waals surface area (Å²) in [6, 6.07) is 16.8. The third-order valence-corrected chi connectivity index (χ3v) is 6.02. The second-order valence-electron chi connectivity index (χ2n) is 7.05. The predicted molar refractivity (Wildman–Crippen MR) is 133 cm³/mol. The Kier molecular flexibility index (Phi) is 5.76. The van der Waals surface area contributed by atoms with Gasteiger partial charge in [-0.3, -0.25) is 15.1 Å². The molecule has 2 N–H and O–H groups in total. The maximum absolute atomic E-state index is 12.4. The van der Waals surface area contributed by atoms with E-state index in [-0.39, 0.29) is 11.6 Å². The van der Waals surface area contributed by atoms with Gasteiger partial charge in [-0.05, 0) is 42.5 Å². The lowest BCUT2D eigenvalue weighted by Crippen LogP contribution is -2.13. The molecular weight excluding hydrogens is 504 g/mol. The SMILES string of the molecule is Cn1c(Nc2ccc(Br)cc2)nc2cc(Oc3ccnc(C(=O)Nc4nccs4)c3)ccc21. The molecule has 0 bridgehead atoms. The number of carbonyl (C=O) groups excluding carboxylic acids is 1. The van der Waals surface area contributed by atoms with Crippen molar-refractivity contribution in [2.24, 2.45) is 7.05 Å². The van der Waals surface area contributed by atoms with Gasteiger partial charge in [-0.1, -0.05) is 15.9 Å². The number of hydrogen-bond donors (Lipinski definition) is 2. The number of amides is 1. The van der Waals surface area contributed by atoms with Crippen molar-refractivity contribution in [2.75, 3.05) is 10.6 Å². The number of hydrogen-bond acceptors (Lipinski definition) is 7. The highest BCUT2D eigenvalue weighted by Crippen LogP contribution is 2.28. The van der Waals surface area contributed by atoms with Crippen molar-refractivity contribution in [3.63, 3.8) is 0 Å². The maximum Gasteiger partial charge on any atom is 0.276 e. The Labute approximate surface area is 201 Å². The van der Waals surface area contributed by atoms with Crippen molar-refractivity contribution in [3.8, 4) is 11.5 Å². The first kappa shape index (κ1) is 21.1. The summed E-state index contributed by atoms with van der Waals surface area (Å²) < 4.78 is 8.98. The van der Waals surface area contributed by atoms with E-state index in [1.165, 1.54) is 17.5 Å². The Morgan fingerprint density at radius 2 is 1.85 bits per heavy atom.